The molecule has 1 aromatic heterocycles. The Morgan fingerprint density at radius 3 is 2.26 bits per heavy atom. The van der Waals surface area contributed by atoms with Crippen LogP contribution in [-0.4, -0.2) is 95.0 Å². The average Bonchev–Trinajstić information content (AvgIpc) is 3.52. The van der Waals surface area contributed by atoms with Gasteiger partial charge < -0.3 is 34.2 Å². The summed E-state index contributed by atoms with van der Waals surface area (Å²) >= 11 is 0. The van der Waals surface area contributed by atoms with E-state index in [-0.39, 0.29) is 29.5 Å². The maximum absolute atomic E-state index is 14.9. The minimum atomic E-state index is -0.185. The fourth-order valence-electron chi connectivity index (χ4n) is 8.68. The van der Waals surface area contributed by atoms with Gasteiger partial charge in [0.1, 0.15) is 5.75 Å². The van der Waals surface area contributed by atoms with Crippen molar-refractivity contribution in [3.05, 3.63) is 136 Å². The number of likely N-dealkylation sites (N-methyl/N-ethyl adjacent to an activating group) is 1. The predicted molar refractivity (Wildman–Crippen MR) is 225 cm³/mol. The van der Waals surface area contributed by atoms with Crippen molar-refractivity contribution in [1.82, 2.24) is 19.3 Å². The third kappa shape index (κ3) is 7.54. The van der Waals surface area contributed by atoms with Crippen molar-refractivity contribution in [3.8, 4) is 17.0 Å². The van der Waals surface area contributed by atoms with Crippen LogP contribution >= 0.6 is 0 Å². The normalized spacial score (nSPS) is 16.9. The molecule has 8 rings (SSSR count). The number of carbonyl (C=O) groups excluding carboxylic acids is 3. The number of rotatable bonds is 7. The number of anilines is 2. The highest BCUT2D eigenvalue weighted by Gasteiger charge is 2.32. The minimum Gasteiger partial charge on any atom is -0.508 e. The highest BCUT2D eigenvalue weighted by atomic mass is 16.3. The Morgan fingerprint density at radius 2 is 1.51 bits per heavy atom. The molecule has 10 nitrogen and oxygen atoms in total. The Morgan fingerprint density at radius 1 is 0.772 bits per heavy atom. The maximum Gasteiger partial charge on any atom is 0.259 e. The first kappa shape index (κ1) is 38.0. The number of hydrogen-bond donors (Lipinski definition) is 1. The monoisotopic (exact) mass is 764 g/mol. The van der Waals surface area contributed by atoms with Crippen LogP contribution in [0.15, 0.2) is 91.0 Å². The van der Waals surface area contributed by atoms with E-state index >= 15 is 0 Å². The molecule has 0 unspecified atom stereocenters. The molecule has 3 aliphatic rings. The van der Waals surface area contributed by atoms with E-state index in [2.05, 4.69) is 66.2 Å². The lowest BCUT2D eigenvalue weighted by atomic mass is 9.89. The van der Waals surface area contributed by atoms with Crippen LogP contribution in [-0.2, 0) is 44.2 Å². The topological polar surface area (TPSA) is 92.6 Å². The number of nitrogens with zero attached hydrogens (tertiary/aromatic N) is 6. The van der Waals surface area contributed by atoms with E-state index in [4.69, 9.17) is 0 Å². The Bertz CT molecular complexity index is 2340. The lowest BCUT2D eigenvalue weighted by molar-refractivity contribution is -0.131. The van der Waals surface area contributed by atoms with Gasteiger partial charge in [-0.15, -0.1) is 0 Å². The third-order valence-corrected chi connectivity index (χ3v) is 12.4. The van der Waals surface area contributed by atoms with Crippen LogP contribution < -0.4 is 9.80 Å². The van der Waals surface area contributed by atoms with Crippen LogP contribution in [0.5, 0.6) is 5.75 Å². The van der Waals surface area contributed by atoms with Gasteiger partial charge in [-0.3, -0.25) is 14.4 Å². The highest BCUT2D eigenvalue weighted by molar-refractivity contribution is 6.08. The molecule has 5 aromatic rings. The molecule has 3 amide bonds. The van der Waals surface area contributed by atoms with E-state index in [1.807, 2.05) is 52.6 Å². The number of hydrogen-bond acceptors (Lipinski definition) is 6. The summed E-state index contributed by atoms with van der Waals surface area (Å²) in [6, 6.07) is 29.3. The predicted octanol–water partition coefficient (Wildman–Crippen LogP) is 6.45. The summed E-state index contributed by atoms with van der Waals surface area (Å²) in [4.78, 5) is 53.0. The van der Waals surface area contributed by atoms with Crippen molar-refractivity contribution < 1.29 is 19.5 Å². The third-order valence-electron chi connectivity index (χ3n) is 12.4. The van der Waals surface area contributed by atoms with Crippen LogP contribution in [0.2, 0.25) is 0 Å². The zero-order valence-corrected chi connectivity index (χ0v) is 33.7. The number of piperazine rings is 1. The zero-order valence-electron chi connectivity index (χ0n) is 33.7. The molecule has 294 valence electrons. The second-order valence-electron chi connectivity index (χ2n) is 16.1. The van der Waals surface area contributed by atoms with Gasteiger partial charge in [0.25, 0.3) is 11.8 Å². The Labute approximate surface area is 335 Å². The van der Waals surface area contributed by atoms with Crippen LogP contribution in [0.25, 0.3) is 11.3 Å². The molecule has 57 heavy (non-hydrogen) atoms. The number of fused-ring (bicyclic) bond motifs is 2. The second kappa shape index (κ2) is 15.6. The van der Waals surface area contributed by atoms with Gasteiger partial charge in [-0.05, 0) is 116 Å². The van der Waals surface area contributed by atoms with Crippen molar-refractivity contribution in [3.63, 3.8) is 0 Å². The van der Waals surface area contributed by atoms with Crippen molar-refractivity contribution in [2.75, 3.05) is 56.6 Å². The molecule has 0 aliphatic carbocycles. The molecule has 0 spiro atoms. The fraction of sp³-hybridized carbons (Fsp3) is 0.340. The molecule has 0 bridgehead atoms. The highest BCUT2D eigenvalue weighted by Crippen LogP contribution is 2.36. The summed E-state index contributed by atoms with van der Waals surface area (Å²) in [5, 5.41) is 9.82. The number of aromatic nitrogens is 1. The van der Waals surface area contributed by atoms with Gasteiger partial charge in [-0.2, -0.15) is 0 Å². The summed E-state index contributed by atoms with van der Waals surface area (Å²) in [7, 11) is 5.81. The van der Waals surface area contributed by atoms with Crippen LogP contribution in [0.4, 0.5) is 11.4 Å². The largest absolute Gasteiger partial charge is 0.508 e. The Balaban J connectivity index is 1.11. The number of phenols is 1. The lowest BCUT2D eigenvalue weighted by Crippen LogP contribution is -2.44. The first-order valence-electron chi connectivity index (χ1n) is 20.0. The molecule has 1 saturated heterocycles. The van der Waals surface area contributed by atoms with Gasteiger partial charge in [0, 0.05) is 99.8 Å². The summed E-state index contributed by atoms with van der Waals surface area (Å²) < 4.78 is 2.00. The van der Waals surface area contributed by atoms with Crippen molar-refractivity contribution in [1.29, 1.82) is 0 Å². The van der Waals surface area contributed by atoms with E-state index in [0.29, 0.717) is 49.3 Å². The zero-order chi connectivity index (χ0) is 40.0. The van der Waals surface area contributed by atoms with E-state index in [1.54, 1.807) is 36.2 Å². The van der Waals surface area contributed by atoms with Gasteiger partial charge in [0.05, 0.1) is 12.0 Å². The van der Waals surface area contributed by atoms with E-state index < -0.39 is 0 Å². The standard InChI is InChI=1S/C47H52N6O4/c1-31-23-34-10-6-7-11-36(34)30-53(31)47(57)43-27-37-29-52(45(55)25-33-9-8-12-39(24-33)51-21-19-48(3)20-22-51)18-17-35(37)26-42(43)44-28-41(32(2)49(44)4)46(56)50(5)38-13-15-40(54)16-14-38/h6-16,24,26-28,31,54H,17-23,25,29-30H2,1-5H3/t31-/m1/s1. The summed E-state index contributed by atoms with van der Waals surface area (Å²) in [6.07, 6.45) is 1.76. The van der Waals surface area contributed by atoms with Gasteiger partial charge in [-0.25, -0.2) is 0 Å². The summed E-state index contributed by atoms with van der Waals surface area (Å²) in [5.74, 6) is -0.0384. The molecular formula is C47H52N6O4. The molecule has 0 saturated carbocycles. The number of aromatic hydroxyl groups is 1. The molecule has 3 aliphatic heterocycles. The molecule has 0 radical (unpaired) electrons. The number of benzene rings is 4. The van der Waals surface area contributed by atoms with Crippen molar-refractivity contribution in [2.45, 2.75) is 52.2 Å². The van der Waals surface area contributed by atoms with E-state index in [1.165, 1.54) is 5.56 Å². The van der Waals surface area contributed by atoms with E-state index in [0.717, 1.165) is 77.5 Å². The molecule has 4 aromatic carbocycles. The maximum atomic E-state index is 14.9. The molecule has 10 heteroatoms. The summed E-state index contributed by atoms with van der Waals surface area (Å²) in [6.45, 7) is 9.55. The Kier molecular flexibility index (Phi) is 10.4. The number of phenolic OH excluding ortho intramolecular Hbond substituents is 1. The van der Waals surface area contributed by atoms with Gasteiger partial charge in [0.2, 0.25) is 5.91 Å². The molecule has 1 fully saturated rings. The number of amides is 3. The smallest absolute Gasteiger partial charge is 0.259 e. The van der Waals surface area contributed by atoms with Gasteiger partial charge >= 0.3 is 0 Å². The summed E-state index contributed by atoms with van der Waals surface area (Å²) in [5.41, 5.74) is 10.8. The SMILES string of the molecule is Cc1c(C(=O)N(C)c2ccc(O)cc2)cc(-c2cc3c(cc2C(=O)N2Cc4ccccc4C[C@H]2C)CN(C(=O)Cc2cccc(N4CCN(C)CC4)c2)CC3)n1C. The van der Waals surface area contributed by atoms with Crippen molar-refractivity contribution >= 4 is 29.1 Å². The van der Waals surface area contributed by atoms with Gasteiger partial charge in [0.15, 0.2) is 0 Å². The first-order chi connectivity index (χ1) is 27.4. The quantitative estimate of drug-likeness (QED) is 0.205. The molecular weight excluding hydrogens is 713 g/mol. The van der Waals surface area contributed by atoms with Crippen LogP contribution in [0.3, 0.4) is 0 Å². The van der Waals surface area contributed by atoms with Crippen LogP contribution in [0, 0.1) is 6.92 Å². The van der Waals surface area contributed by atoms with Crippen molar-refractivity contribution in [2.24, 2.45) is 7.05 Å². The van der Waals surface area contributed by atoms with Crippen LogP contribution in [0.1, 0.15) is 61.2 Å². The molecule has 1 atom stereocenters. The minimum absolute atomic E-state index is 0.0118. The molecule has 1 N–H and O–H groups in total. The molecule has 4 heterocycles. The lowest BCUT2D eigenvalue weighted by Gasteiger charge is -2.36. The van der Waals surface area contributed by atoms with E-state index in [9.17, 15) is 19.5 Å². The average molecular weight is 765 g/mol. The first-order valence-corrected chi connectivity index (χ1v) is 20.0. The Hall–Kier alpha value is -5.87. The fourth-order valence-corrected chi connectivity index (χ4v) is 8.68. The number of carbonyl (C=O) groups is 3. The second-order valence-corrected chi connectivity index (χ2v) is 16.1. The van der Waals surface area contributed by atoms with Gasteiger partial charge in [-0.1, -0.05) is 36.4 Å².